The Kier molecular flexibility index (Phi) is 2.27. The third-order valence-electron chi connectivity index (χ3n) is 0.660. The number of guanidine groups is 1. The fraction of sp³-hybridized carbons (Fsp3) is 0.333. The van der Waals surface area contributed by atoms with Crippen molar-refractivity contribution in [1.29, 1.82) is 0 Å². The number of rotatable bonds is 0. The molecule has 0 aromatic rings. The minimum absolute atomic E-state index is 0. The summed E-state index contributed by atoms with van der Waals surface area (Å²) >= 11 is 0. The Morgan fingerprint density at radius 1 is 1.75 bits per heavy atom. The molecule has 0 radical (unpaired) electrons. The second-order valence-electron chi connectivity index (χ2n) is 1.25. The molecule has 0 aromatic heterocycles. The molecule has 5 heteroatoms. The molecule has 0 unspecified atom stereocenters. The summed E-state index contributed by atoms with van der Waals surface area (Å²) in [6, 6.07) is 0. The Morgan fingerprint density at radius 3 is 2.50 bits per heavy atom. The second kappa shape index (κ2) is 2.52. The Labute approximate surface area is 52.6 Å². The summed E-state index contributed by atoms with van der Waals surface area (Å²) in [5.74, 6) is 0.0995. The van der Waals surface area contributed by atoms with E-state index in [1.807, 2.05) is 0 Å². The zero-order valence-electron chi connectivity index (χ0n) is 4.05. The fourth-order valence-electron chi connectivity index (χ4n) is 0.379. The van der Waals surface area contributed by atoms with Gasteiger partial charge in [-0.2, -0.15) is 0 Å². The van der Waals surface area contributed by atoms with Crippen LogP contribution in [0.2, 0.25) is 0 Å². The van der Waals surface area contributed by atoms with E-state index >= 15 is 0 Å². The monoisotopic (exact) mass is 135 g/mol. The van der Waals surface area contributed by atoms with Crippen LogP contribution in [0.1, 0.15) is 0 Å². The van der Waals surface area contributed by atoms with Gasteiger partial charge in [0.1, 0.15) is 6.54 Å². The summed E-state index contributed by atoms with van der Waals surface area (Å²) in [5.41, 5.74) is 5.04. The molecular weight excluding hydrogens is 130 g/mol. The molecule has 1 aliphatic rings. The van der Waals surface area contributed by atoms with Gasteiger partial charge in [0.05, 0.1) is 0 Å². The van der Waals surface area contributed by atoms with Crippen LogP contribution in [0.4, 0.5) is 0 Å². The molecule has 0 aromatic carbocycles. The van der Waals surface area contributed by atoms with Crippen molar-refractivity contribution in [3.8, 4) is 0 Å². The highest BCUT2D eigenvalue weighted by molar-refractivity contribution is 6.02. The van der Waals surface area contributed by atoms with Gasteiger partial charge in [-0.15, -0.1) is 12.4 Å². The first-order chi connectivity index (χ1) is 3.29. The van der Waals surface area contributed by atoms with Gasteiger partial charge in [-0.1, -0.05) is 0 Å². The predicted molar refractivity (Wildman–Crippen MR) is 31.9 cm³/mol. The van der Waals surface area contributed by atoms with Crippen LogP contribution in [0.5, 0.6) is 0 Å². The molecule has 0 fully saturated rings. The SMILES string of the molecule is Cl.NC1=NCC(=O)N1. The first kappa shape index (κ1) is 7.23. The maximum atomic E-state index is 10.1. The van der Waals surface area contributed by atoms with Crippen molar-refractivity contribution < 1.29 is 4.79 Å². The number of carbonyl (C=O) groups is 1. The van der Waals surface area contributed by atoms with Gasteiger partial charge in [0.25, 0.3) is 0 Å². The number of nitrogens with zero attached hydrogens (tertiary/aromatic N) is 1. The molecule has 0 saturated carbocycles. The largest absolute Gasteiger partial charge is 0.370 e. The summed E-state index contributed by atoms with van der Waals surface area (Å²) in [4.78, 5) is 13.7. The van der Waals surface area contributed by atoms with Crippen molar-refractivity contribution in [2.24, 2.45) is 10.7 Å². The molecule has 0 atom stereocenters. The molecule has 46 valence electrons. The van der Waals surface area contributed by atoms with Crippen molar-refractivity contribution >= 4 is 24.3 Å². The highest BCUT2D eigenvalue weighted by Crippen LogP contribution is 1.78. The average Bonchev–Trinajstić information content (AvgIpc) is 1.87. The van der Waals surface area contributed by atoms with Crippen LogP contribution in [0.25, 0.3) is 0 Å². The van der Waals surface area contributed by atoms with E-state index in [1.54, 1.807) is 0 Å². The van der Waals surface area contributed by atoms with Crippen molar-refractivity contribution in [1.82, 2.24) is 5.32 Å². The van der Waals surface area contributed by atoms with Crippen molar-refractivity contribution in [2.45, 2.75) is 0 Å². The lowest BCUT2D eigenvalue weighted by Crippen LogP contribution is -2.30. The number of halogens is 1. The van der Waals surface area contributed by atoms with Gasteiger partial charge in [-0.25, -0.2) is 4.99 Å². The lowest BCUT2D eigenvalue weighted by atomic mass is 10.7. The van der Waals surface area contributed by atoms with E-state index < -0.39 is 0 Å². The van der Waals surface area contributed by atoms with Crippen LogP contribution >= 0.6 is 12.4 Å². The molecule has 4 nitrogen and oxygen atoms in total. The van der Waals surface area contributed by atoms with Crippen LogP contribution in [-0.4, -0.2) is 18.4 Å². The quantitative estimate of drug-likeness (QED) is 0.441. The van der Waals surface area contributed by atoms with Gasteiger partial charge in [-0.05, 0) is 0 Å². The number of aliphatic imine (C=N–C) groups is 1. The summed E-state index contributed by atoms with van der Waals surface area (Å²) in [6.45, 7) is 0.186. The third kappa shape index (κ3) is 1.38. The summed E-state index contributed by atoms with van der Waals surface area (Å²) in [7, 11) is 0. The van der Waals surface area contributed by atoms with Gasteiger partial charge in [-0.3, -0.25) is 10.1 Å². The number of hydrogen-bond donors (Lipinski definition) is 2. The molecule has 0 aliphatic carbocycles. The topological polar surface area (TPSA) is 67.5 Å². The number of carbonyl (C=O) groups excluding carboxylic acids is 1. The maximum absolute atomic E-state index is 10.1. The molecule has 1 rings (SSSR count). The summed E-state index contributed by atoms with van der Waals surface area (Å²) < 4.78 is 0. The first-order valence-electron chi connectivity index (χ1n) is 1.89. The van der Waals surface area contributed by atoms with Crippen LogP contribution in [0.3, 0.4) is 0 Å². The number of amides is 1. The first-order valence-corrected chi connectivity index (χ1v) is 1.89. The van der Waals surface area contributed by atoms with Crippen molar-refractivity contribution in [3.05, 3.63) is 0 Å². The molecule has 3 N–H and O–H groups in total. The minimum Gasteiger partial charge on any atom is -0.370 e. The Balaban J connectivity index is 0.000000490. The molecule has 1 heterocycles. The van der Waals surface area contributed by atoms with Gasteiger partial charge >= 0.3 is 0 Å². The van der Waals surface area contributed by atoms with Gasteiger partial charge in [0.15, 0.2) is 5.96 Å². The number of nitrogens with one attached hydrogen (secondary N) is 1. The van der Waals surface area contributed by atoms with Gasteiger partial charge < -0.3 is 5.73 Å². The highest BCUT2D eigenvalue weighted by atomic mass is 35.5. The van der Waals surface area contributed by atoms with Crippen LogP contribution in [0.15, 0.2) is 4.99 Å². The third-order valence-corrected chi connectivity index (χ3v) is 0.660. The minimum atomic E-state index is -0.127. The van der Waals surface area contributed by atoms with E-state index in [-0.39, 0.29) is 30.8 Å². The highest BCUT2D eigenvalue weighted by Gasteiger charge is 2.07. The smallest absolute Gasteiger partial charge is 0.248 e. The lowest BCUT2D eigenvalue weighted by Gasteiger charge is -1.84. The van der Waals surface area contributed by atoms with Crippen LogP contribution in [-0.2, 0) is 4.79 Å². The number of hydrogen-bond acceptors (Lipinski definition) is 3. The van der Waals surface area contributed by atoms with Crippen molar-refractivity contribution in [3.63, 3.8) is 0 Å². The molecule has 1 amide bonds. The molecule has 0 bridgehead atoms. The summed E-state index contributed by atoms with van der Waals surface area (Å²) in [6.07, 6.45) is 0. The molecule has 0 saturated heterocycles. The van der Waals surface area contributed by atoms with Crippen LogP contribution < -0.4 is 11.1 Å². The molecular formula is C3H6ClN3O. The number of nitrogens with two attached hydrogens (primary N) is 1. The van der Waals surface area contributed by atoms with Gasteiger partial charge in [0.2, 0.25) is 5.91 Å². The Bertz CT molecular complexity index is 132. The standard InChI is InChI=1S/C3H5N3O.ClH/c4-3-5-1-2(7)6-3;/h1H2,(H3,4,5,6,7);1H. The van der Waals surface area contributed by atoms with E-state index in [4.69, 9.17) is 5.73 Å². The van der Waals surface area contributed by atoms with E-state index in [9.17, 15) is 4.79 Å². The van der Waals surface area contributed by atoms with Gasteiger partial charge in [0, 0.05) is 0 Å². The molecule has 8 heavy (non-hydrogen) atoms. The maximum Gasteiger partial charge on any atom is 0.248 e. The second-order valence-corrected chi connectivity index (χ2v) is 1.25. The predicted octanol–water partition coefficient (Wildman–Crippen LogP) is -1.15. The van der Waals surface area contributed by atoms with E-state index in [1.165, 1.54) is 0 Å². The fourth-order valence-corrected chi connectivity index (χ4v) is 0.379. The van der Waals surface area contributed by atoms with Crippen molar-refractivity contribution in [2.75, 3.05) is 6.54 Å². The normalized spacial score (nSPS) is 16.5. The molecule has 1 aliphatic heterocycles. The Morgan fingerprint density at radius 2 is 2.38 bits per heavy atom. The molecule has 0 spiro atoms. The van der Waals surface area contributed by atoms with Crippen LogP contribution in [0, 0.1) is 0 Å². The zero-order valence-corrected chi connectivity index (χ0v) is 4.86. The average molecular weight is 136 g/mol. The lowest BCUT2D eigenvalue weighted by molar-refractivity contribution is -0.117. The zero-order chi connectivity index (χ0) is 5.28. The van der Waals surface area contributed by atoms with E-state index in [0.717, 1.165) is 0 Å². The van der Waals surface area contributed by atoms with E-state index in [0.29, 0.717) is 0 Å². The Hall–Kier alpha value is -0.770. The summed E-state index contributed by atoms with van der Waals surface area (Å²) in [5, 5.41) is 2.31. The van der Waals surface area contributed by atoms with E-state index in [2.05, 4.69) is 10.3 Å².